The molecule has 0 bridgehead atoms. The van der Waals surface area contributed by atoms with Gasteiger partial charge >= 0.3 is 0 Å². The highest BCUT2D eigenvalue weighted by Crippen LogP contribution is 2.37. The summed E-state index contributed by atoms with van der Waals surface area (Å²) in [7, 11) is 3.65. The van der Waals surface area contributed by atoms with Gasteiger partial charge in [0.2, 0.25) is 5.88 Å². The van der Waals surface area contributed by atoms with E-state index in [1.165, 1.54) is 23.4 Å². The average Bonchev–Trinajstić information content (AvgIpc) is 2.91. The minimum Gasteiger partial charge on any atom is -0.481 e. The number of nitrogens with one attached hydrogen (secondary N) is 1. The van der Waals surface area contributed by atoms with Crippen molar-refractivity contribution in [3.63, 3.8) is 0 Å². The molecule has 1 N–H and O–H groups in total. The van der Waals surface area contributed by atoms with Crippen LogP contribution >= 0.6 is 11.3 Å². The van der Waals surface area contributed by atoms with Gasteiger partial charge in [-0.3, -0.25) is 0 Å². The van der Waals surface area contributed by atoms with E-state index < -0.39 is 0 Å². The molecule has 2 aromatic rings. The van der Waals surface area contributed by atoms with Crippen LogP contribution in [0.4, 0.5) is 0 Å². The van der Waals surface area contributed by atoms with Gasteiger partial charge in [-0.05, 0) is 32.4 Å². The second kappa shape index (κ2) is 5.27. The number of rotatable bonds is 3. The molecule has 1 unspecified atom stereocenters. The Hall–Kier alpha value is -1.46. The number of aryl methyl sites for hydroxylation is 1. The van der Waals surface area contributed by atoms with Gasteiger partial charge in [-0.2, -0.15) is 0 Å². The minimum absolute atomic E-state index is 0.459. The van der Waals surface area contributed by atoms with E-state index >= 15 is 0 Å². The molecule has 0 spiro atoms. The molecule has 4 nitrogen and oxygen atoms in total. The Labute approximate surface area is 116 Å². The van der Waals surface area contributed by atoms with E-state index in [-0.39, 0.29) is 0 Å². The van der Waals surface area contributed by atoms with Gasteiger partial charge in [0.1, 0.15) is 5.01 Å². The summed E-state index contributed by atoms with van der Waals surface area (Å²) in [4.78, 5) is 10.4. The molecule has 0 amide bonds. The van der Waals surface area contributed by atoms with E-state index in [4.69, 9.17) is 9.72 Å². The molecule has 0 radical (unpaired) electrons. The summed E-state index contributed by atoms with van der Waals surface area (Å²) in [6.07, 6.45) is 5.33. The second-order valence-corrected chi connectivity index (χ2v) is 5.68. The van der Waals surface area contributed by atoms with Crippen LogP contribution in [0.1, 0.15) is 29.5 Å². The van der Waals surface area contributed by atoms with E-state index in [0.717, 1.165) is 17.0 Å². The van der Waals surface area contributed by atoms with E-state index in [2.05, 4.69) is 10.3 Å². The predicted molar refractivity (Wildman–Crippen MR) is 76.6 cm³/mol. The van der Waals surface area contributed by atoms with Crippen molar-refractivity contribution in [1.29, 1.82) is 0 Å². The van der Waals surface area contributed by atoms with Crippen molar-refractivity contribution in [3.8, 4) is 16.5 Å². The number of fused-ring (bicyclic) bond motifs is 1. The van der Waals surface area contributed by atoms with Crippen LogP contribution in [-0.2, 0) is 6.42 Å². The largest absolute Gasteiger partial charge is 0.481 e. The molecule has 0 saturated carbocycles. The third-order valence-corrected chi connectivity index (χ3v) is 4.75. The first-order valence-electron chi connectivity index (χ1n) is 6.49. The topological polar surface area (TPSA) is 47.0 Å². The highest BCUT2D eigenvalue weighted by atomic mass is 32.1. The standard InChI is InChI=1S/C14H17N3OS/c1-15-10-4-3-5-11-13(10)19-14(17-11)9-6-7-12(18-2)16-8-9/h6-8,10,15H,3-5H2,1-2H3. The lowest BCUT2D eigenvalue weighted by Gasteiger charge is -2.19. The Morgan fingerprint density at radius 2 is 2.32 bits per heavy atom. The van der Waals surface area contributed by atoms with Crippen molar-refractivity contribution in [1.82, 2.24) is 15.3 Å². The van der Waals surface area contributed by atoms with E-state index in [9.17, 15) is 0 Å². The molecule has 1 aliphatic rings. The molecule has 0 saturated heterocycles. The summed E-state index contributed by atoms with van der Waals surface area (Å²) in [5.41, 5.74) is 2.32. The molecule has 0 fully saturated rings. The number of hydrogen-bond acceptors (Lipinski definition) is 5. The van der Waals surface area contributed by atoms with Crippen LogP contribution in [0.3, 0.4) is 0 Å². The maximum atomic E-state index is 5.08. The second-order valence-electron chi connectivity index (χ2n) is 4.65. The SMILES string of the molecule is CNC1CCCc2nc(-c3ccc(OC)nc3)sc21. The zero-order chi connectivity index (χ0) is 13.2. The van der Waals surface area contributed by atoms with Gasteiger partial charge in [0.15, 0.2) is 0 Å². The van der Waals surface area contributed by atoms with Gasteiger partial charge in [0.25, 0.3) is 0 Å². The molecule has 1 atom stereocenters. The fourth-order valence-electron chi connectivity index (χ4n) is 2.45. The van der Waals surface area contributed by atoms with Crippen molar-refractivity contribution in [2.24, 2.45) is 0 Å². The van der Waals surface area contributed by atoms with Crippen LogP contribution in [-0.4, -0.2) is 24.1 Å². The molecule has 1 aliphatic carbocycles. The van der Waals surface area contributed by atoms with E-state index in [0.29, 0.717) is 11.9 Å². The third-order valence-electron chi connectivity index (χ3n) is 3.49. The number of hydrogen-bond donors (Lipinski definition) is 1. The number of pyridine rings is 1. The Bertz CT molecular complexity index is 565. The van der Waals surface area contributed by atoms with Crippen LogP contribution in [0.5, 0.6) is 5.88 Å². The van der Waals surface area contributed by atoms with E-state index in [1.807, 2.05) is 25.4 Å². The quantitative estimate of drug-likeness (QED) is 0.935. The first-order valence-corrected chi connectivity index (χ1v) is 7.30. The lowest BCUT2D eigenvalue weighted by molar-refractivity contribution is 0.398. The Kier molecular flexibility index (Phi) is 3.48. The van der Waals surface area contributed by atoms with Crippen LogP contribution < -0.4 is 10.1 Å². The normalized spacial score (nSPS) is 18.1. The van der Waals surface area contributed by atoms with E-state index in [1.54, 1.807) is 18.4 Å². The minimum atomic E-state index is 0.459. The third kappa shape index (κ3) is 2.35. The van der Waals surface area contributed by atoms with Crippen molar-refractivity contribution in [2.75, 3.05) is 14.2 Å². The molecule has 3 rings (SSSR count). The maximum absolute atomic E-state index is 5.08. The van der Waals surface area contributed by atoms with Crippen LogP contribution in [0, 0.1) is 0 Å². The predicted octanol–water partition coefficient (Wildman–Crippen LogP) is 2.81. The Morgan fingerprint density at radius 1 is 1.42 bits per heavy atom. The zero-order valence-electron chi connectivity index (χ0n) is 11.1. The van der Waals surface area contributed by atoms with Gasteiger partial charge in [0, 0.05) is 28.7 Å². The monoisotopic (exact) mass is 275 g/mol. The Morgan fingerprint density at radius 3 is 3.00 bits per heavy atom. The molecule has 0 aliphatic heterocycles. The molecule has 2 heterocycles. The smallest absolute Gasteiger partial charge is 0.212 e. The van der Waals surface area contributed by atoms with Crippen molar-refractivity contribution in [2.45, 2.75) is 25.3 Å². The fraction of sp³-hybridized carbons (Fsp3) is 0.429. The lowest BCUT2D eigenvalue weighted by Crippen LogP contribution is -2.19. The summed E-state index contributed by atoms with van der Waals surface area (Å²) in [5, 5.41) is 4.44. The highest BCUT2D eigenvalue weighted by molar-refractivity contribution is 7.15. The van der Waals surface area contributed by atoms with Gasteiger partial charge in [0.05, 0.1) is 12.8 Å². The maximum Gasteiger partial charge on any atom is 0.212 e. The van der Waals surface area contributed by atoms with Gasteiger partial charge in [-0.15, -0.1) is 11.3 Å². The molecule has 100 valence electrons. The highest BCUT2D eigenvalue weighted by Gasteiger charge is 2.23. The summed E-state index contributed by atoms with van der Waals surface area (Å²) in [6, 6.07) is 4.36. The van der Waals surface area contributed by atoms with Crippen molar-refractivity contribution in [3.05, 3.63) is 28.9 Å². The molecular formula is C14H17N3OS. The summed E-state index contributed by atoms with van der Waals surface area (Å²) in [6.45, 7) is 0. The number of thiazole rings is 1. The molecule has 2 aromatic heterocycles. The number of ether oxygens (including phenoxy) is 1. The molecule has 19 heavy (non-hydrogen) atoms. The van der Waals surface area contributed by atoms with Crippen molar-refractivity contribution >= 4 is 11.3 Å². The van der Waals surface area contributed by atoms with Gasteiger partial charge < -0.3 is 10.1 Å². The van der Waals surface area contributed by atoms with Crippen LogP contribution in [0.25, 0.3) is 10.6 Å². The summed E-state index contributed by atoms with van der Waals surface area (Å²) >= 11 is 1.78. The van der Waals surface area contributed by atoms with Gasteiger partial charge in [-0.1, -0.05) is 0 Å². The Balaban J connectivity index is 1.95. The fourth-order valence-corrected chi connectivity index (χ4v) is 3.69. The molecule has 0 aromatic carbocycles. The first kappa shape index (κ1) is 12.6. The first-order chi connectivity index (χ1) is 9.31. The number of nitrogens with zero attached hydrogens (tertiary/aromatic N) is 2. The summed E-state index contributed by atoms with van der Waals surface area (Å²) < 4.78 is 5.08. The van der Waals surface area contributed by atoms with Crippen molar-refractivity contribution < 1.29 is 4.74 Å². The van der Waals surface area contributed by atoms with Crippen LogP contribution in [0.15, 0.2) is 18.3 Å². The number of methoxy groups -OCH3 is 1. The number of aromatic nitrogens is 2. The van der Waals surface area contributed by atoms with Crippen LogP contribution in [0.2, 0.25) is 0 Å². The molecule has 5 heteroatoms. The lowest BCUT2D eigenvalue weighted by atomic mass is 9.98. The average molecular weight is 275 g/mol. The zero-order valence-corrected chi connectivity index (χ0v) is 12.0. The summed E-state index contributed by atoms with van der Waals surface area (Å²) in [5.74, 6) is 0.637. The van der Waals surface area contributed by atoms with Gasteiger partial charge in [-0.25, -0.2) is 9.97 Å². The molecular weight excluding hydrogens is 258 g/mol.